The molecule has 0 atom stereocenters. The molecule has 0 saturated heterocycles. The van der Waals surface area contributed by atoms with Crippen LogP contribution in [0.4, 0.5) is 0 Å². The summed E-state index contributed by atoms with van der Waals surface area (Å²) in [6.07, 6.45) is 0.658. The standard InChI is InChI=1S/C15H10Cl2O4/c1-21-12-6-8(7-18)2-3-9(12)13-10(15(19)20)4-5-11(16)14(13)17/h2-7H,1H3,(H,19,20)/p-1. The third kappa shape index (κ3) is 2.86. The Morgan fingerprint density at radius 3 is 2.52 bits per heavy atom. The van der Waals surface area contributed by atoms with E-state index < -0.39 is 5.97 Å². The van der Waals surface area contributed by atoms with Crippen molar-refractivity contribution in [2.45, 2.75) is 0 Å². The first kappa shape index (κ1) is 15.4. The van der Waals surface area contributed by atoms with Crippen molar-refractivity contribution in [2.24, 2.45) is 0 Å². The molecule has 0 heterocycles. The summed E-state index contributed by atoms with van der Waals surface area (Å²) in [5, 5.41) is 11.6. The molecule has 6 heteroatoms. The molecule has 2 rings (SSSR count). The molecule has 0 aliphatic rings. The second-order valence-corrected chi connectivity index (χ2v) is 4.93. The fraction of sp³-hybridized carbons (Fsp3) is 0.0667. The maximum atomic E-state index is 11.3. The number of hydrogen-bond acceptors (Lipinski definition) is 4. The van der Waals surface area contributed by atoms with E-state index in [2.05, 4.69) is 0 Å². The van der Waals surface area contributed by atoms with Crippen molar-refractivity contribution in [3.05, 3.63) is 51.5 Å². The third-order valence-electron chi connectivity index (χ3n) is 2.95. The highest BCUT2D eigenvalue weighted by molar-refractivity contribution is 6.44. The molecular formula is C15H9Cl2O4-. The van der Waals surface area contributed by atoms with E-state index in [-0.39, 0.29) is 21.2 Å². The fourth-order valence-electron chi connectivity index (χ4n) is 1.97. The summed E-state index contributed by atoms with van der Waals surface area (Å²) in [4.78, 5) is 22.1. The number of aldehydes is 1. The molecular weight excluding hydrogens is 315 g/mol. The zero-order valence-corrected chi connectivity index (χ0v) is 12.4. The van der Waals surface area contributed by atoms with Gasteiger partial charge in [-0.1, -0.05) is 35.3 Å². The molecule has 0 spiro atoms. The van der Waals surface area contributed by atoms with Gasteiger partial charge in [0.2, 0.25) is 0 Å². The largest absolute Gasteiger partial charge is 0.545 e. The first-order valence-corrected chi connectivity index (χ1v) is 6.58. The number of carbonyl (C=O) groups is 2. The minimum absolute atomic E-state index is 0.0792. The average Bonchev–Trinajstić information content (AvgIpc) is 2.49. The lowest BCUT2D eigenvalue weighted by Gasteiger charge is -2.16. The van der Waals surface area contributed by atoms with Gasteiger partial charge in [-0.05, 0) is 18.2 Å². The highest BCUT2D eigenvalue weighted by Crippen LogP contribution is 2.40. The Bertz CT molecular complexity index is 726. The van der Waals surface area contributed by atoms with Gasteiger partial charge in [-0.15, -0.1) is 0 Å². The number of aromatic carboxylic acids is 1. The van der Waals surface area contributed by atoms with Crippen molar-refractivity contribution in [3.8, 4) is 16.9 Å². The molecule has 4 nitrogen and oxygen atoms in total. The van der Waals surface area contributed by atoms with Crippen molar-refractivity contribution >= 4 is 35.5 Å². The van der Waals surface area contributed by atoms with E-state index in [1.807, 2.05) is 0 Å². The second-order valence-electron chi connectivity index (χ2n) is 4.15. The molecule has 2 aromatic carbocycles. The number of methoxy groups -OCH3 is 1. The summed E-state index contributed by atoms with van der Waals surface area (Å²) in [5.41, 5.74) is 0.888. The van der Waals surface area contributed by atoms with E-state index >= 15 is 0 Å². The maximum Gasteiger partial charge on any atom is 0.150 e. The average molecular weight is 324 g/mol. The van der Waals surface area contributed by atoms with Crippen LogP contribution in [0.15, 0.2) is 30.3 Å². The highest BCUT2D eigenvalue weighted by atomic mass is 35.5. The Balaban J connectivity index is 2.80. The van der Waals surface area contributed by atoms with Crippen LogP contribution in [0.1, 0.15) is 20.7 Å². The van der Waals surface area contributed by atoms with Crippen molar-refractivity contribution in [1.82, 2.24) is 0 Å². The predicted molar refractivity (Wildman–Crippen MR) is 78.2 cm³/mol. The molecule has 21 heavy (non-hydrogen) atoms. The third-order valence-corrected chi connectivity index (χ3v) is 3.75. The molecule has 0 aromatic heterocycles. The van der Waals surface area contributed by atoms with E-state index in [4.69, 9.17) is 27.9 Å². The summed E-state index contributed by atoms with van der Waals surface area (Å²) in [6.45, 7) is 0. The van der Waals surface area contributed by atoms with E-state index in [9.17, 15) is 14.7 Å². The summed E-state index contributed by atoms with van der Waals surface area (Å²) >= 11 is 12.1. The Hall–Kier alpha value is -2.04. The lowest BCUT2D eigenvalue weighted by atomic mass is 9.97. The number of benzene rings is 2. The zero-order chi connectivity index (χ0) is 15.6. The van der Waals surface area contributed by atoms with Crippen LogP contribution in [0.5, 0.6) is 5.75 Å². The highest BCUT2D eigenvalue weighted by Gasteiger charge is 2.17. The summed E-state index contributed by atoms with van der Waals surface area (Å²) < 4.78 is 5.20. The number of carboxylic acid groups (broad SMARTS) is 1. The van der Waals surface area contributed by atoms with E-state index in [1.54, 1.807) is 6.07 Å². The van der Waals surface area contributed by atoms with Gasteiger partial charge in [0.15, 0.2) is 0 Å². The number of halogens is 2. The molecule has 0 aliphatic heterocycles. The van der Waals surface area contributed by atoms with E-state index in [0.717, 1.165) is 0 Å². The Labute approximate surface area is 130 Å². The summed E-state index contributed by atoms with van der Waals surface area (Å²) in [5.74, 6) is -1.07. The lowest BCUT2D eigenvalue weighted by molar-refractivity contribution is -0.254. The second kappa shape index (κ2) is 6.16. The monoisotopic (exact) mass is 323 g/mol. The first-order valence-electron chi connectivity index (χ1n) is 5.82. The molecule has 0 saturated carbocycles. The van der Waals surface area contributed by atoms with Crippen LogP contribution in [-0.2, 0) is 0 Å². The minimum Gasteiger partial charge on any atom is -0.545 e. The Morgan fingerprint density at radius 1 is 1.24 bits per heavy atom. The van der Waals surface area contributed by atoms with Crippen LogP contribution >= 0.6 is 23.2 Å². The van der Waals surface area contributed by atoms with Crippen LogP contribution in [0.2, 0.25) is 10.0 Å². The molecule has 0 fully saturated rings. The first-order chi connectivity index (χ1) is 9.99. The van der Waals surface area contributed by atoms with Crippen molar-refractivity contribution in [2.75, 3.05) is 7.11 Å². The normalized spacial score (nSPS) is 10.2. The Morgan fingerprint density at radius 2 is 1.95 bits per heavy atom. The number of rotatable bonds is 4. The van der Waals surface area contributed by atoms with Gasteiger partial charge in [-0.3, -0.25) is 4.79 Å². The van der Waals surface area contributed by atoms with Gasteiger partial charge in [-0.25, -0.2) is 0 Å². The molecule has 0 unspecified atom stereocenters. The van der Waals surface area contributed by atoms with Crippen molar-refractivity contribution in [3.63, 3.8) is 0 Å². The molecule has 2 aromatic rings. The Kier molecular flexibility index (Phi) is 4.50. The van der Waals surface area contributed by atoms with Crippen LogP contribution in [-0.4, -0.2) is 19.4 Å². The SMILES string of the molecule is COc1cc(C=O)ccc1-c1c(C(=O)[O-])ccc(Cl)c1Cl. The van der Waals surface area contributed by atoms with Gasteiger partial charge in [0.25, 0.3) is 0 Å². The minimum atomic E-state index is -1.38. The van der Waals surface area contributed by atoms with Gasteiger partial charge in [0.05, 0.1) is 23.1 Å². The molecule has 0 aliphatic carbocycles. The van der Waals surface area contributed by atoms with Crippen molar-refractivity contribution in [1.29, 1.82) is 0 Å². The van der Waals surface area contributed by atoms with Crippen LogP contribution in [0.25, 0.3) is 11.1 Å². The molecule has 0 bridgehead atoms. The molecule has 0 N–H and O–H groups in total. The van der Waals surface area contributed by atoms with Crippen LogP contribution in [0.3, 0.4) is 0 Å². The number of ether oxygens (including phenoxy) is 1. The van der Waals surface area contributed by atoms with E-state index in [1.165, 1.54) is 31.4 Å². The summed E-state index contributed by atoms with van der Waals surface area (Å²) in [7, 11) is 1.41. The lowest BCUT2D eigenvalue weighted by Crippen LogP contribution is -2.23. The van der Waals surface area contributed by atoms with E-state index in [0.29, 0.717) is 23.2 Å². The predicted octanol–water partition coefficient (Wildman–Crippen LogP) is 2.85. The van der Waals surface area contributed by atoms with Gasteiger partial charge in [-0.2, -0.15) is 0 Å². The quantitative estimate of drug-likeness (QED) is 0.811. The van der Waals surface area contributed by atoms with Gasteiger partial charge in [0.1, 0.15) is 12.0 Å². The van der Waals surface area contributed by atoms with Gasteiger partial charge in [0, 0.05) is 22.3 Å². The molecule has 0 radical (unpaired) electrons. The topological polar surface area (TPSA) is 66.4 Å². The number of carbonyl (C=O) groups excluding carboxylic acids is 2. The maximum absolute atomic E-state index is 11.3. The molecule has 0 amide bonds. The van der Waals surface area contributed by atoms with Crippen molar-refractivity contribution < 1.29 is 19.4 Å². The summed E-state index contributed by atoms with van der Waals surface area (Å²) in [6, 6.07) is 7.25. The smallest absolute Gasteiger partial charge is 0.150 e. The van der Waals surface area contributed by atoms with Crippen LogP contribution < -0.4 is 9.84 Å². The molecule has 108 valence electrons. The van der Waals surface area contributed by atoms with Gasteiger partial charge < -0.3 is 14.6 Å². The van der Waals surface area contributed by atoms with Gasteiger partial charge >= 0.3 is 0 Å². The fourth-order valence-corrected chi connectivity index (χ4v) is 2.40. The number of hydrogen-bond donors (Lipinski definition) is 0. The zero-order valence-electron chi connectivity index (χ0n) is 10.9. The number of carboxylic acids is 1. The van der Waals surface area contributed by atoms with Crippen LogP contribution in [0, 0.1) is 0 Å².